The fourth-order valence-electron chi connectivity index (χ4n) is 4.96. The van der Waals surface area contributed by atoms with E-state index in [1.807, 2.05) is 0 Å². The monoisotopic (exact) mass is 352 g/mol. The van der Waals surface area contributed by atoms with Gasteiger partial charge >= 0.3 is 0 Å². The first-order valence-corrected chi connectivity index (χ1v) is 12.7. The van der Waals surface area contributed by atoms with Crippen molar-refractivity contribution in [1.29, 1.82) is 0 Å². The van der Waals surface area contributed by atoms with Crippen molar-refractivity contribution < 1.29 is 0 Å². The van der Waals surface area contributed by atoms with E-state index in [1.165, 1.54) is 108 Å². The fourth-order valence-corrected chi connectivity index (χ4v) is 5.99. The van der Waals surface area contributed by atoms with E-state index in [-0.39, 0.29) is 0 Å². The van der Waals surface area contributed by atoms with Gasteiger partial charge in [-0.1, -0.05) is 109 Å². The van der Waals surface area contributed by atoms with Crippen LogP contribution in [0.5, 0.6) is 0 Å². The SMILES string of the molecule is C1CCCCCCCC2CCCC2CCCCSCCCCCC1. The molecule has 1 saturated heterocycles. The molecule has 142 valence electrons. The predicted molar refractivity (Wildman–Crippen MR) is 112 cm³/mol. The maximum Gasteiger partial charge on any atom is -0.00675 e. The highest BCUT2D eigenvalue weighted by Crippen LogP contribution is 2.38. The van der Waals surface area contributed by atoms with Crippen LogP contribution in [0.4, 0.5) is 0 Å². The summed E-state index contributed by atoms with van der Waals surface area (Å²) in [5.41, 5.74) is 0. The summed E-state index contributed by atoms with van der Waals surface area (Å²) in [4.78, 5) is 0. The van der Waals surface area contributed by atoms with Gasteiger partial charge < -0.3 is 0 Å². The Hall–Kier alpha value is 0.350. The van der Waals surface area contributed by atoms with Gasteiger partial charge in [-0.15, -0.1) is 0 Å². The van der Waals surface area contributed by atoms with E-state index < -0.39 is 0 Å². The Labute approximate surface area is 157 Å². The minimum Gasteiger partial charge on any atom is -0.162 e. The molecule has 1 aliphatic heterocycles. The topological polar surface area (TPSA) is 0 Å². The second kappa shape index (κ2) is 14.5. The minimum atomic E-state index is 1.10. The van der Waals surface area contributed by atoms with E-state index >= 15 is 0 Å². The van der Waals surface area contributed by atoms with Gasteiger partial charge in [0.1, 0.15) is 0 Å². The molecule has 1 heterocycles. The first-order valence-electron chi connectivity index (χ1n) is 11.5. The van der Waals surface area contributed by atoms with Gasteiger partial charge in [0.15, 0.2) is 0 Å². The van der Waals surface area contributed by atoms with Crippen LogP contribution in [0.3, 0.4) is 0 Å². The van der Waals surface area contributed by atoms with Crippen molar-refractivity contribution in [2.24, 2.45) is 11.8 Å². The molecule has 0 N–H and O–H groups in total. The Balaban J connectivity index is 1.61. The summed E-state index contributed by atoms with van der Waals surface area (Å²) >= 11 is 2.23. The highest BCUT2D eigenvalue weighted by atomic mass is 32.2. The highest BCUT2D eigenvalue weighted by Gasteiger charge is 2.25. The lowest BCUT2D eigenvalue weighted by Gasteiger charge is -2.19. The van der Waals surface area contributed by atoms with Gasteiger partial charge in [-0.05, 0) is 36.2 Å². The third-order valence-corrected chi connectivity index (χ3v) is 7.70. The number of hydrogen-bond acceptors (Lipinski definition) is 1. The van der Waals surface area contributed by atoms with Crippen LogP contribution >= 0.6 is 11.8 Å². The van der Waals surface area contributed by atoms with E-state index in [1.54, 1.807) is 25.7 Å². The Kier molecular flexibility index (Phi) is 12.5. The van der Waals surface area contributed by atoms with Crippen LogP contribution in [-0.4, -0.2) is 11.5 Å². The zero-order valence-corrected chi connectivity index (χ0v) is 17.2. The summed E-state index contributed by atoms with van der Waals surface area (Å²) in [5.74, 6) is 5.06. The van der Waals surface area contributed by atoms with E-state index in [2.05, 4.69) is 11.8 Å². The maximum atomic E-state index is 2.23. The van der Waals surface area contributed by atoms with Crippen molar-refractivity contribution in [2.45, 2.75) is 122 Å². The summed E-state index contributed by atoms with van der Waals surface area (Å²) in [7, 11) is 0. The minimum absolute atomic E-state index is 1.10. The average Bonchev–Trinajstić information content (AvgIpc) is 3.03. The lowest BCUT2D eigenvalue weighted by Crippen LogP contribution is -2.08. The molecule has 1 aliphatic carbocycles. The maximum absolute atomic E-state index is 2.23. The molecule has 2 aliphatic rings. The van der Waals surface area contributed by atoms with Crippen LogP contribution in [-0.2, 0) is 0 Å². The Bertz CT molecular complexity index is 249. The zero-order chi connectivity index (χ0) is 16.7. The van der Waals surface area contributed by atoms with Gasteiger partial charge in [0, 0.05) is 0 Å². The van der Waals surface area contributed by atoms with Crippen LogP contribution in [0.2, 0.25) is 0 Å². The van der Waals surface area contributed by atoms with E-state index in [0.29, 0.717) is 0 Å². The third-order valence-electron chi connectivity index (χ3n) is 6.54. The zero-order valence-electron chi connectivity index (χ0n) is 16.4. The van der Waals surface area contributed by atoms with Crippen LogP contribution in [0.15, 0.2) is 0 Å². The van der Waals surface area contributed by atoms with Gasteiger partial charge in [0.25, 0.3) is 0 Å². The van der Waals surface area contributed by atoms with Crippen molar-refractivity contribution in [3.63, 3.8) is 0 Å². The summed E-state index contributed by atoms with van der Waals surface area (Å²) in [6.45, 7) is 0. The van der Waals surface area contributed by atoms with Crippen molar-refractivity contribution >= 4 is 11.8 Å². The number of fused-ring (bicyclic) bond motifs is 1. The number of thioether (sulfide) groups is 1. The van der Waals surface area contributed by atoms with Crippen molar-refractivity contribution in [1.82, 2.24) is 0 Å². The molecule has 2 fully saturated rings. The molecular weight excluding hydrogens is 308 g/mol. The summed E-state index contributed by atoms with van der Waals surface area (Å²) in [5, 5.41) is 0. The molecule has 0 aromatic carbocycles. The Morgan fingerprint density at radius 1 is 0.333 bits per heavy atom. The highest BCUT2D eigenvalue weighted by molar-refractivity contribution is 7.99. The summed E-state index contributed by atoms with van der Waals surface area (Å²) in [6, 6.07) is 0. The van der Waals surface area contributed by atoms with E-state index in [4.69, 9.17) is 0 Å². The second-order valence-corrected chi connectivity index (χ2v) is 9.82. The fraction of sp³-hybridized carbons (Fsp3) is 1.00. The van der Waals surface area contributed by atoms with Gasteiger partial charge in [0.05, 0.1) is 0 Å². The Morgan fingerprint density at radius 3 is 1.21 bits per heavy atom. The van der Waals surface area contributed by atoms with Crippen LogP contribution in [0, 0.1) is 11.8 Å². The first-order chi connectivity index (χ1) is 12.0. The molecule has 0 nitrogen and oxygen atoms in total. The van der Waals surface area contributed by atoms with Crippen LogP contribution in [0.1, 0.15) is 122 Å². The van der Waals surface area contributed by atoms with Crippen molar-refractivity contribution in [3.8, 4) is 0 Å². The second-order valence-electron chi connectivity index (χ2n) is 8.59. The van der Waals surface area contributed by atoms with Gasteiger partial charge in [-0.2, -0.15) is 11.8 Å². The molecule has 2 atom stereocenters. The Morgan fingerprint density at radius 2 is 0.667 bits per heavy atom. The lowest BCUT2D eigenvalue weighted by atomic mass is 9.87. The summed E-state index contributed by atoms with van der Waals surface area (Å²) < 4.78 is 0. The molecule has 24 heavy (non-hydrogen) atoms. The van der Waals surface area contributed by atoms with Gasteiger partial charge in [0.2, 0.25) is 0 Å². The normalized spacial score (nSPS) is 31.0. The molecule has 2 unspecified atom stereocenters. The van der Waals surface area contributed by atoms with Crippen LogP contribution < -0.4 is 0 Å². The van der Waals surface area contributed by atoms with Crippen molar-refractivity contribution in [2.75, 3.05) is 11.5 Å². The number of hydrogen-bond donors (Lipinski definition) is 0. The van der Waals surface area contributed by atoms with Crippen LogP contribution in [0.25, 0.3) is 0 Å². The predicted octanol–water partition coefficient (Wildman–Crippen LogP) is 8.39. The molecule has 1 heteroatoms. The smallest absolute Gasteiger partial charge is 0.00675 e. The van der Waals surface area contributed by atoms with Crippen molar-refractivity contribution in [3.05, 3.63) is 0 Å². The first kappa shape index (κ1) is 20.7. The standard InChI is InChI=1S/C23H44S/c1-2-4-6-8-10-13-20-24-21-14-12-17-23-19-15-18-22(23)16-11-9-7-5-3-1/h22-23H,1-21H2. The molecular formula is C23H44S. The van der Waals surface area contributed by atoms with Gasteiger partial charge in [-0.25, -0.2) is 0 Å². The molecule has 0 aromatic rings. The molecule has 0 radical (unpaired) electrons. The van der Waals surface area contributed by atoms with Gasteiger partial charge in [-0.3, -0.25) is 0 Å². The summed E-state index contributed by atoms with van der Waals surface area (Å²) in [6.07, 6.45) is 28.7. The quantitative estimate of drug-likeness (QED) is 0.421. The van der Waals surface area contributed by atoms with E-state index in [0.717, 1.165) is 11.8 Å². The molecule has 2 rings (SSSR count). The molecule has 1 saturated carbocycles. The third kappa shape index (κ3) is 9.73. The largest absolute Gasteiger partial charge is 0.162 e. The molecule has 0 aromatic heterocycles. The molecule has 0 spiro atoms. The molecule has 0 bridgehead atoms. The number of rotatable bonds is 0. The average molecular weight is 353 g/mol. The lowest BCUT2D eigenvalue weighted by molar-refractivity contribution is 0.325. The molecule has 0 amide bonds. The van der Waals surface area contributed by atoms with E-state index in [9.17, 15) is 0 Å².